The largest absolute Gasteiger partial charge is 0.481 e. The Morgan fingerprint density at radius 3 is 2.25 bits per heavy atom. The van der Waals surface area contributed by atoms with Crippen LogP contribution in [0.5, 0.6) is 0 Å². The lowest BCUT2D eigenvalue weighted by molar-refractivity contribution is -0.143. The Balaban J connectivity index is 4.28. The van der Waals surface area contributed by atoms with Gasteiger partial charge in [-0.25, -0.2) is 4.79 Å². The second-order valence-electron chi connectivity index (χ2n) is 3.35. The molecule has 0 saturated heterocycles. The lowest BCUT2D eigenvalue weighted by Crippen LogP contribution is -2.48. The first-order valence-electron chi connectivity index (χ1n) is 4.89. The molecule has 0 spiro atoms. The van der Waals surface area contributed by atoms with Crippen molar-refractivity contribution in [1.29, 1.82) is 0 Å². The summed E-state index contributed by atoms with van der Waals surface area (Å²) in [6.07, 6.45) is -0.0947. The van der Waals surface area contributed by atoms with Crippen LogP contribution in [0.1, 0.15) is 26.2 Å². The highest BCUT2D eigenvalue weighted by molar-refractivity contribution is 5.86. The van der Waals surface area contributed by atoms with E-state index >= 15 is 0 Å². The second kappa shape index (κ2) is 6.78. The Bertz CT molecular complexity index is 279. The Kier molecular flexibility index (Phi) is 6.09. The van der Waals surface area contributed by atoms with Crippen LogP contribution in [0, 0.1) is 0 Å². The van der Waals surface area contributed by atoms with E-state index in [2.05, 4.69) is 5.32 Å². The van der Waals surface area contributed by atoms with Crippen molar-refractivity contribution < 1.29 is 24.6 Å². The molecule has 7 heteroatoms. The number of nitrogens with two attached hydrogens (primary N) is 1. The van der Waals surface area contributed by atoms with Gasteiger partial charge >= 0.3 is 11.9 Å². The van der Waals surface area contributed by atoms with Gasteiger partial charge in [0.05, 0.1) is 6.04 Å². The fourth-order valence-electron chi connectivity index (χ4n) is 0.989. The Morgan fingerprint density at radius 1 is 1.31 bits per heavy atom. The molecule has 0 heterocycles. The van der Waals surface area contributed by atoms with Crippen LogP contribution in [-0.2, 0) is 14.4 Å². The maximum absolute atomic E-state index is 11.3. The van der Waals surface area contributed by atoms with Gasteiger partial charge < -0.3 is 21.3 Å². The summed E-state index contributed by atoms with van der Waals surface area (Å²) in [5.74, 6) is -2.96. The predicted octanol–water partition coefficient (Wildman–Crippen LogP) is -0.842. The quantitative estimate of drug-likeness (QED) is 0.452. The molecule has 0 aliphatic rings. The topological polar surface area (TPSA) is 130 Å². The summed E-state index contributed by atoms with van der Waals surface area (Å²) in [6.45, 7) is 1.69. The molecule has 0 saturated carbocycles. The fourth-order valence-corrected chi connectivity index (χ4v) is 0.989. The van der Waals surface area contributed by atoms with Crippen LogP contribution in [0.2, 0.25) is 0 Å². The molecular formula is C9H16N2O5. The zero-order chi connectivity index (χ0) is 12.7. The number of aliphatic carboxylic acids is 2. The third-order valence-electron chi connectivity index (χ3n) is 2.04. The van der Waals surface area contributed by atoms with Gasteiger partial charge in [0.2, 0.25) is 5.91 Å². The molecule has 0 bridgehead atoms. The van der Waals surface area contributed by atoms with E-state index in [1.54, 1.807) is 6.92 Å². The van der Waals surface area contributed by atoms with Gasteiger partial charge in [-0.2, -0.15) is 0 Å². The van der Waals surface area contributed by atoms with Gasteiger partial charge in [0.25, 0.3) is 0 Å². The zero-order valence-electron chi connectivity index (χ0n) is 8.97. The zero-order valence-corrected chi connectivity index (χ0v) is 8.97. The highest BCUT2D eigenvalue weighted by Crippen LogP contribution is 1.99. The Labute approximate surface area is 92.6 Å². The van der Waals surface area contributed by atoms with Crippen molar-refractivity contribution in [3.8, 4) is 0 Å². The van der Waals surface area contributed by atoms with Gasteiger partial charge in [-0.3, -0.25) is 9.59 Å². The summed E-state index contributed by atoms with van der Waals surface area (Å²) >= 11 is 0. The summed E-state index contributed by atoms with van der Waals surface area (Å²) in [6, 6.07) is -1.98. The van der Waals surface area contributed by atoms with Gasteiger partial charge in [0.15, 0.2) is 0 Å². The van der Waals surface area contributed by atoms with E-state index in [0.29, 0.717) is 6.42 Å². The molecule has 2 atom stereocenters. The van der Waals surface area contributed by atoms with Crippen LogP contribution in [-0.4, -0.2) is 40.1 Å². The molecule has 0 aromatic rings. The van der Waals surface area contributed by atoms with Crippen molar-refractivity contribution in [1.82, 2.24) is 5.32 Å². The summed E-state index contributed by atoms with van der Waals surface area (Å²) < 4.78 is 0. The highest BCUT2D eigenvalue weighted by atomic mass is 16.4. The lowest BCUT2D eigenvalue weighted by Gasteiger charge is -2.16. The van der Waals surface area contributed by atoms with E-state index in [0.717, 1.165) is 0 Å². The summed E-state index contributed by atoms with van der Waals surface area (Å²) in [5.41, 5.74) is 5.40. The van der Waals surface area contributed by atoms with Crippen molar-refractivity contribution in [2.75, 3.05) is 0 Å². The predicted molar refractivity (Wildman–Crippen MR) is 54.7 cm³/mol. The molecule has 0 aromatic carbocycles. The molecule has 0 aromatic heterocycles. The van der Waals surface area contributed by atoms with Crippen molar-refractivity contribution >= 4 is 17.8 Å². The molecule has 7 nitrogen and oxygen atoms in total. The standard InChI is InChI=1S/C9H16N2O5/c1-2-5(10)8(14)11-6(9(15)16)3-4-7(12)13/h5-6H,2-4,10H2,1H3,(H,11,14)(H,12,13)(H,15,16)/t5-,6+/m1/s1. The molecule has 5 N–H and O–H groups in total. The van der Waals surface area contributed by atoms with E-state index in [9.17, 15) is 14.4 Å². The van der Waals surface area contributed by atoms with Crippen LogP contribution < -0.4 is 11.1 Å². The first-order valence-corrected chi connectivity index (χ1v) is 4.89. The Morgan fingerprint density at radius 2 is 1.88 bits per heavy atom. The lowest BCUT2D eigenvalue weighted by atomic mass is 10.1. The molecule has 0 radical (unpaired) electrons. The van der Waals surface area contributed by atoms with E-state index in [1.807, 2.05) is 0 Å². The van der Waals surface area contributed by atoms with Crippen LogP contribution in [0.25, 0.3) is 0 Å². The number of carbonyl (C=O) groups excluding carboxylic acids is 1. The molecule has 92 valence electrons. The van der Waals surface area contributed by atoms with E-state index in [4.69, 9.17) is 15.9 Å². The monoisotopic (exact) mass is 232 g/mol. The fraction of sp³-hybridized carbons (Fsp3) is 0.667. The normalized spacial score (nSPS) is 13.9. The molecular weight excluding hydrogens is 216 g/mol. The smallest absolute Gasteiger partial charge is 0.326 e. The maximum atomic E-state index is 11.3. The third-order valence-corrected chi connectivity index (χ3v) is 2.04. The number of amides is 1. The minimum Gasteiger partial charge on any atom is -0.481 e. The molecule has 0 aliphatic carbocycles. The van der Waals surface area contributed by atoms with Gasteiger partial charge in [-0.15, -0.1) is 0 Å². The maximum Gasteiger partial charge on any atom is 0.326 e. The van der Waals surface area contributed by atoms with Gasteiger partial charge in [0, 0.05) is 6.42 Å². The van der Waals surface area contributed by atoms with Crippen LogP contribution in [0.4, 0.5) is 0 Å². The number of nitrogens with one attached hydrogen (secondary N) is 1. The second-order valence-corrected chi connectivity index (χ2v) is 3.35. The number of hydrogen-bond acceptors (Lipinski definition) is 4. The van der Waals surface area contributed by atoms with Gasteiger partial charge in [0.1, 0.15) is 6.04 Å². The third kappa shape index (κ3) is 5.30. The van der Waals surface area contributed by atoms with Crippen molar-refractivity contribution in [3.63, 3.8) is 0 Å². The average molecular weight is 232 g/mol. The molecule has 0 aliphatic heterocycles. The first kappa shape index (κ1) is 14.4. The first-order chi connectivity index (χ1) is 7.38. The average Bonchev–Trinajstić information content (AvgIpc) is 2.21. The van der Waals surface area contributed by atoms with Gasteiger partial charge in [-0.05, 0) is 12.8 Å². The van der Waals surface area contributed by atoms with E-state index in [-0.39, 0.29) is 12.8 Å². The Hall–Kier alpha value is -1.63. The van der Waals surface area contributed by atoms with E-state index in [1.165, 1.54) is 0 Å². The number of carbonyl (C=O) groups is 3. The molecule has 16 heavy (non-hydrogen) atoms. The van der Waals surface area contributed by atoms with Crippen molar-refractivity contribution in [2.45, 2.75) is 38.3 Å². The number of hydrogen-bond donors (Lipinski definition) is 4. The van der Waals surface area contributed by atoms with Crippen LogP contribution in [0.15, 0.2) is 0 Å². The summed E-state index contributed by atoms with van der Waals surface area (Å²) in [4.78, 5) is 32.3. The molecule has 0 rings (SSSR count). The summed E-state index contributed by atoms with van der Waals surface area (Å²) in [7, 11) is 0. The van der Waals surface area contributed by atoms with E-state index < -0.39 is 29.9 Å². The van der Waals surface area contributed by atoms with Crippen LogP contribution in [0.3, 0.4) is 0 Å². The minimum atomic E-state index is -1.27. The molecule has 0 unspecified atom stereocenters. The van der Waals surface area contributed by atoms with Crippen LogP contribution >= 0.6 is 0 Å². The number of rotatable bonds is 7. The van der Waals surface area contributed by atoms with Gasteiger partial charge in [-0.1, -0.05) is 6.92 Å². The SMILES string of the molecule is CC[C@@H](N)C(=O)N[C@@H](CCC(=O)O)C(=O)O. The molecule has 1 amide bonds. The van der Waals surface area contributed by atoms with Crippen molar-refractivity contribution in [3.05, 3.63) is 0 Å². The molecule has 0 fully saturated rings. The van der Waals surface area contributed by atoms with Crippen molar-refractivity contribution in [2.24, 2.45) is 5.73 Å². The highest BCUT2D eigenvalue weighted by Gasteiger charge is 2.22. The summed E-state index contributed by atoms with van der Waals surface area (Å²) in [5, 5.41) is 19.3. The number of carboxylic acid groups (broad SMARTS) is 2. The number of carboxylic acids is 2. The minimum absolute atomic E-state index is 0.160.